The number of amides is 2. The number of hydrogen-bond acceptors (Lipinski definition) is 4. The molecule has 0 unspecified atom stereocenters. The standard InChI is InChI=1S/C37H52F2N2O4/c1-23(4-10-33(44)40-16-18-41(19-17-40)34(45)11-6-24-5-9-30(38)31(39)20-24)27-7-8-28-35-29(13-15-37(27,28)3)36(2)14-12-26(42)21-25(36)22-32(35)43/h5-6,9,11,20,23,25-29,32,35,42-43H,4,7-8,10,12-19,21-22H2,1-3H3/b11-6+/t23-,25+,26-,27-,28+,29+,32+,35+,36+,37-/m1/s1. The number of fused-ring (bicyclic) bond motifs is 5. The molecular formula is C37H52F2N2O4. The van der Waals surface area contributed by atoms with Crippen molar-refractivity contribution in [2.24, 2.45) is 46.3 Å². The number of carbonyl (C=O) groups is 2. The Morgan fingerprint density at radius 1 is 0.933 bits per heavy atom. The third-order valence-electron chi connectivity index (χ3n) is 13.5. The molecule has 0 spiro atoms. The van der Waals surface area contributed by atoms with Crippen LogP contribution in [-0.2, 0) is 9.59 Å². The van der Waals surface area contributed by atoms with Gasteiger partial charge in [-0.2, -0.15) is 0 Å². The molecule has 6 rings (SSSR count). The third-order valence-corrected chi connectivity index (χ3v) is 13.5. The summed E-state index contributed by atoms with van der Waals surface area (Å²) < 4.78 is 26.6. The molecule has 4 aliphatic carbocycles. The van der Waals surface area contributed by atoms with Gasteiger partial charge in [-0.1, -0.05) is 26.8 Å². The first-order valence-corrected chi connectivity index (χ1v) is 17.5. The maximum absolute atomic E-state index is 13.5. The highest BCUT2D eigenvalue weighted by molar-refractivity contribution is 5.92. The first-order valence-electron chi connectivity index (χ1n) is 17.5. The number of aliphatic hydroxyl groups excluding tert-OH is 2. The lowest BCUT2D eigenvalue weighted by Gasteiger charge is -2.62. The second-order valence-corrected chi connectivity index (χ2v) is 15.7. The van der Waals surface area contributed by atoms with Crippen molar-refractivity contribution in [3.05, 3.63) is 41.5 Å². The summed E-state index contributed by atoms with van der Waals surface area (Å²) in [6.07, 6.45) is 12.1. The highest BCUT2D eigenvalue weighted by Crippen LogP contribution is 2.68. The highest BCUT2D eigenvalue weighted by atomic mass is 19.2. The summed E-state index contributed by atoms with van der Waals surface area (Å²) in [5, 5.41) is 21.9. The third kappa shape index (κ3) is 6.10. The smallest absolute Gasteiger partial charge is 0.246 e. The van der Waals surface area contributed by atoms with Gasteiger partial charge in [0.1, 0.15) is 0 Å². The minimum atomic E-state index is -0.947. The zero-order valence-corrected chi connectivity index (χ0v) is 27.3. The van der Waals surface area contributed by atoms with Gasteiger partial charge in [-0.05, 0) is 128 Å². The van der Waals surface area contributed by atoms with Gasteiger partial charge in [0.05, 0.1) is 12.2 Å². The Labute approximate surface area is 267 Å². The Bertz CT molecular complexity index is 1300. The summed E-state index contributed by atoms with van der Waals surface area (Å²) in [4.78, 5) is 29.5. The molecule has 1 heterocycles. The lowest BCUT2D eigenvalue weighted by molar-refractivity contribution is -0.174. The van der Waals surface area contributed by atoms with Gasteiger partial charge in [-0.3, -0.25) is 9.59 Å². The van der Waals surface area contributed by atoms with Crippen LogP contribution in [-0.4, -0.2) is 70.2 Å². The van der Waals surface area contributed by atoms with Crippen molar-refractivity contribution in [2.45, 2.75) is 97.2 Å². The van der Waals surface area contributed by atoms with Crippen molar-refractivity contribution in [3.63, 3.8) is 0 Å². The molecule has 1 aliphatic heterocycles. The van der Waals surface area contributed by atoms with Gasteiger partial charge in [0, 0.05) is 38.7 Å². The molecule has 10 atom stereocenters. The van der Waals surface area contributed by atoms with Gasteiger partial charge >= 0.3 is 0 Å². The van der Waals surface area contributed by atoms with E-state index in [0.717, 1.165) is 44.2 Å². The molecule has 1 aromatic carbocycles. The Morgan fingerprint density at radius 2 is 1.62 bits per heavy atom. The topological polar surface area (TPSA) is 81.1 Å². The van der Waals surface area contributed by atoms with E-state index in [9.17, 15) is 28.6 Å². The molecule has 1 aromatic rings. The molecule has 6 nitrogen and oxygen atoms in total. The van der Waals surface area contributed by atoms with E-state index in [2.05, 4.69) is 20.8 Å². The number of piperazine rings is 1. The Morgan fingerprint density at radius 3 is 2.36 bits per heavy atom. The second-order valence-electron chi connectivity index (χ2n) is 15.7. The van der Waals surface area contributed by atoms with Crippen molar-refractivity contribution >= 4 is 17.9 Å². The second kappa shape index (κ2) is 12.7. The quantitative estimate of drug-likeness (QED) is 0.377. The number of aliphatic hydroxyl groups is 2. The zero-order valence-electron chi connectivity index (χ0n) is 27.3. The first-order chi connectivity index (χ1) is 21.4. The van der Waals surface area contributed by atoms with E-state index in [1.165, 1.54) is 43.9 Å². The van der Waals surface area contributed by atoms with Crippen molar-refractivity contribution < 1.29 is 28.6 Å². The average Bonchev–Trinajstić information content (AvgIpc) is 3.38. The van der Waals surface area contributed by atoms with E-state index in [0.29, 0.717) is 73.7 Å². The van der Waals surface area contributed by atoms with E-state index in [1.807, 2.05) is 4.90 Å². The number of carbonyl (C=O) groups excluding carboxylic acids is 2. The van der Waals surface area contributed by atoms with E-state index in [-0.39, 0.29) is 34.9 Å². The van der Waals surface area contributed by atoms with Crippen molar-refractivity contribution in [1.82, 2.24) is 9.80 Å². The minimum Gasteiger partial charge on any atom is -0.393 e. The summed E-state index contributed by atoms with van der Waals surface area (Å²) in [6, 6.07) is 3.53. The van der Waals surface area contributed by atoms with Crippen LogP contribution in [0, 0.1) is 58.0 Å². The predicted octanol–water partition coefficient (Wildman–Crippen LogP) is 6.06. The zero-order chi connectivity index (χ0) is 32.1. The normalized spacial score (nSPS) is 38.9. The molecule has 0 bridgehead atoms. The lowest BCUT2D eigenvalue weighted by Crippen LogP contribution is -2.58. The molecule has 2 amide bonds. The fourth-order valence-corrected chi connectivity index (χ4v) is 11.0. The summed E-state index contributed by atoms with van der Waals surface area (Å²) >= 11 is 0. The number of rotatable bonds is 6. The summed E-state index contributed by atoms with van der Waals surface area (Å²) in [6.45, 7) is 9.16. The molecule has 45 heavy (non-hydrogen) atoms. The lowest BCUT2D eigenvalue weighted by atomic mass is 9.43. The molecule has 5 aliphatic rings. The van der Waals surface area contributed by atoms with Crippen LogP contribution in [0.3, 0.4) is 0 Å². The van der Waals surface area contributed by atoms with Crippen molar-refractivity contribution in [2.75, 3.05) is 26.2 Å². The van der Waals surface area contributed by atoms with Gasteiger partial charge in [-0.25, -0.2) is 8.78 Å². The maximum atomic E-state index is 13.5. The largest absolute Gasteiger partial charge is 0.393 e. The predicted molar refractivity (Wildman–Crippen MR) is 170 cm³/mol. The molecule has 2 N–H and O–H groups in total. The number of hydrogen-bond donors (Lipinski definition) is 2. The van der Waals surface area contributed by atoms with Crippen LogP contribution in [0.25, 0.3) is 6.08 Å². The monoisotopic (exact) mass is 626 g/mol. The fraction of sp³-hybridized carbons (Fsp3) is 0.730. The highest BCUT2D eigenvalue weighted by Gasteiger charge is 2.62. The van der Waals surface area contributed by atoms with Crippen molar-refractivity contribution in [3.8, 4) is 0 Å². The molecule has 248 valence electrons. The van der Waals surface area contributed by atoms with Crippen LogP contribution in [0.4, 0.5) is 8.78 Å². The summed E-state index contributed by atoms with van der Waals surface area (Å²) in [5.41, 5.74) is 0.845. The molecule has 8 heteroatoms. The number of halogens is 2. The number of benzene rings is 1. The molecular weight excluding hydrogens is 574 g/mol. The van der Waals surface area contributed by atoms with Gasteiger partial charge in [-0.15, -0.1) is 0 Å². The van der Waals surface area contributed by atoms with Crippen LogP contribution in [0.1, 0.15) is 90.5 Å². The maximum Gasteiger partial charge on any atom is 0.246 e. The van der Waals surface area contributed by atoms with Crippen molar-refractivity contribution in [1.29, 1.82) is 0 Å². The van der Waals surface area contributed by atoms with Gasteiger partial charge in [0.15, 0.2) is 11.6 Å². The SMILES string of the molecule is C[C@H](CCC(=O)N1CCN(C(=O)/C=C/c2ccc(F)c(F)c2)CC1)[C@H]1CC[C@H]2[C@@H]3[C@@H](O)C[C@@H]4C[C@H](O)CC[C@]4(C)[C@H]3CC[C@]12C. The minimum absolute atomic E-state index is 0.149. The first kappa shape index (κ1) is 32.6. The molecule has 0 aromatic heterocycles. The van der Waals surface area contributed by atoms with Crippen LogP contribution in [0.5, 0.6) is 0 Å². The number of nitrogens with zero attached hydrogens (tertiary/aromatic N) is 2. The van der Waals surface area contributed by atoms with Gasteiger partial charge in [0.25, 0.3) is 0 Å². The van der Waals surface area contributed by atoms with Gasteiger partial charge < -0.3 is 20.0 Å². The summed E-state index contributed by atoms with van der Waals surface area (Å²) in [5.74, 6) is 0.909. The molecule has 4 saturated carbocycles. The van der Waals surface area contributed by atoms with E-state index in [1.54, 1.807) is 4.90 Å². The van der Waals surface area contributed by atoms with Crippen LogP contribution in [0.15, 0.2) is 24.3 Å². The van der Waals surface area contributed by atoms with Gasteiger partial charge in [0.2, 0.25) is 11.8 Å². The van der Waals surface area contributed by atoms with E-state index in [4.69, 9.17) is 0 Å². The Hall–Kier alpha value is -2.32. The fourth-order valence-electron chi connectivity index (χ4n) is 11.0. The van der Waals surface area contributed by atoms with E-state index < -0.39 is 11.6 Å². The van der Waals surface area contributed by atoms with Crippen LogP contribution < -0.4 is 0 Å². The summed E-state index contributed by atoms with van der Waals surface area (Å²) in [7, 11) is 0. The van der Waals surface area contributed by atoms with Crippen LogP contribution >= 0.6 is 0 Å². The molecule has 5 fully saturated rings. The molecule has 0 radical (unpaired) electrons. The van der Waals surface area contributed by atoms with E-state index >= 15 is 0 Å². The van der Waals surface area contributed by atoms with Crippen LogP contribution in [0.2, 0.25) is 0 Å². The Balaban J connectivity index is 0.997. The average molecular weight is 627 g/mol. The molecule has 1 saturated heterocycles. The Kier molecular flexibility index (Phi) is 9.21.